The molecule has 0 aromatic carbocycles. The van der Waals surface area contributed by atoms with Gasteiger partial charge in [-0.1, -0.05) is 0 Å². The number of aromatic amines is 1. The number of amides is 1. The number of aromatic nitrogens is 1. The van der Waals surface area contributed by atoms with Crippen molar-refractivity contribution in [2.24, 2.45) is 0 Å². The molecule has 0 fully saturated rings. The van der Waals surface area contributed by atoms with Crippen LogP contribution in [0.25, 0.3) is 0 Å². The van der Waals surface area contributed by atoms with E-state index in [2.05, 4.69) is 15.0 Å². The standard InChI is InChI=1S/C10H12N2O4/c1-2-16-9(14)6-12-10(15)7-3-4-8(13)11-5-7/h3-5H,2,6H2,1H3,(H,11,13)(H,12,15). The Labute approximate surface area is 91.6 Å². The molecule has 0 bridgehead atoms. The highest BCUT2D eigenvalue weighted by atomic mass is 16.5. The third-order valence-corrected chi connectivity index (χ3v) is 1.74. The highest BCUT2D eigenvalue weighted by Gasteiger charge is 2.07. The van der Waals surface area contributed by atoms with Gasteiger partial charge in [0.1, 0.15) is 6.54 Å². The molecule has 0 saturated heterocycles. The van der Waals surface area contributed by atoms with Gasteiger partial charge in [-0.15, -0.1) is 0 Å². The van der Waals surface area contributed by atoms with E-state index in [4.69, 9.17) is 0 Å². The summed E-state index contributed by atoms with van der Waals surface area (Å²) in [6, 6.07) is 2.61. The maximum Gasteiger partial charge on any atom is 0.325 e. The van der Waals surface area contributed by atoms with Crippen LogP contribution in [0.5, 0.6) is 0 Å². The SMILES string of the molecule is CCOC(=O)CNC(=O)c1ccc(=O)[nH]c1. The molecule has 86 valence electrons. The average molecular weight is 224 g/mol. The minimum atomic E-state index is -0.500. The summed E-state index contributed by atoms with van der Waals surface area (Å²) < 4.78 is 4.64. The van der Waals surface area contributed by atoms with E-state index in [0.29, 0.717) is 0 Å². The summed E-state index contributed by atoms with van der Waals surface area (Å²) in [5.41, 5.74) is -0.00848. The number of ether oxygens (including phenoxy) is 1. The molecule has 0 atom stereocenters. The van der Waals surface area contributed by atoms with Crippen LogP contribution in [-0.2, 0) is 9.53 Å². The van der Waals surface area contributed by atoms with Gasteiger partial charge >= 0.3 is 5.97 Å². The van der Waals surface area contributed by atoms with Gasteiger partial charge in [-0.25, -0.2) is 0 Å². The van der Waals surface area contributed by atoms with Crippen LogP contribution in [-0.4, -0.2) is 30.0 Å². The number of carbonyl (C=O) groups is 2. The smallest absolute Gasteiger partial charge is 0.325 e. The summed E-state index contributed by atoms with van der Waals surface area (Å²) in [5.74, 6) is -0.940. The Morgan fingerprint density at radius 2 is 2.19 bits per heavy atom. The number of pyridine rings is 1. The lowest BCUT2D eigenvalue weighted by atomic mass is 10.3. The molecule has 6 nitrogen and oxygen atoms in total. The van der Waals surface area contributed by atoms with Crippen molar-refractivity contribution in [3.63, 3.8) is 0 Å². The summed E-state index contributed by atoms with van der Waals surface area (Å²) in [5, 5.41) is 2.37. The van der Waals surface area contributed by atoms with Crippen molar-refractivity contribution in [3.8, 4) is 0 Å². The van der Waals surface area contributed by atoms with Crippen molar-refractivity contribution in [1.82, 2.24) is 10.3 Å². The molecule has 6 heteroatoms. The van der Waals surface area contributed by atoms with Gasteiger partial charge in [0.2, 0.25) is 5.56 Å². The zero-order valence-electron chi connectivity index (χ0n) is 8.78. The fourth-order valence-electron chi connectivity index (χ4n) is 1.02. The Balaban J connectivity index is 2.50. The average Bonchev–Trinajstić information content (AvgIpc) is 2.27. The maximum atomic E-state index is 11.4. The normalized spacial score (nSPS) is 9.56. The van der Waals surface area contributed by atoms with Gasteiger partial charge in [0, 0.05) is 12.3 Å². The molecule has 1 aromatic rings. The molecular formula is C10H12N2O4. The second-order valence-electron chi connectivity index (χ2n) is 2.93. The van der Waals surface area contributed by atoms with Gasteiger partial charge in [0.05, 0.1) is 12.2 Å². The Bertz CT molecular complexity index is 418. The van der Waals surface area contributed by atoms with Crippen LogP contribution in [0.4, 0.5) is 0 Å². The van der Waals surface area contributed by atoms with Gasteiger partial charge in [0.25, 0.3) is 5.91 Å². The number of hydrogen-bond donors (Lipinski definition) is 2. The van der Waals surface area contributed by atoms with E-state index in [0.717, 1.165) is 0 Å². The van der Waals surface area contributed by atoms with E-state index in [1.165, 1.54) is 18.3 Å². The second kappa shape index (κ2) is 5.69. The minimum absolute atomic E-state index is 0.189. The predicted molar refractivity (Wildman–Crippen MR) is 56.0 cm³/mol. The number of carbonyl (C=O) groups excluding carboxylic acids is 2. The first-order valence-corrected chi connectivity index (χ1v) is 4.76. The number of nitrogens with one attached hydrogen (secondary N) is 2. The van der Waals surface area contributed by atoms with Crippen molar-refractivity contribution in [2.45, 2.75) is 6.92 Å². The van der Waals surface area contributed by atoms with E-state index < -0.39 is 11.9 Å². The molecular weight excluding hydrogens is 212 g/mol. The Kier molecular flexibility index (Phi) is 4.26. The molecule has 0 saturated carbocycles. The van der Waals surface area contributed by atoms with Gasteiger partial charge in [-0.2, -0.15) is 0 Å². The summed E-state index contributed by atoms with van der Waals surface area (Å²) in [6.07, 6.45) is 1.28. The molecule has 1 aromatic heterocycles. The van der Waals surface area contributed by atoms with Crippen molar-refractivity contribution in [3.05, 3.63) is 34.2 Å². The van der Waals surface area contributed by atoms with Crippen LogP contribution >= 0.6 is 0 Å². The predicted octanol–water partition coefficient (Wildman–Crippen LogP) is -0.332. The molecule has 0 aliphatic carbocycles. The minimum Gasteiger partial charge on any atom is -0.465 e. The lowest BCUT2D eigenvalue weighted by molar-refractivity contribution is -0.141. The number of H-pyrrole nitrogens is 1. The topological polar surface area (TPSA) is 88.3 Å². The maximum absolute atomic E-state index is 11.4. The van der Waals surface area contributed by atoms with Crippen LogP contribution in [0.3, 0.4) is 0 Å². The molecule has 0 aliphatic rings. The Morgan fingerprint density at radius 3 is 2.75 bits per heavy atom. The molecule has 1 rings (SSSR count). The second-order valence-corrected chi connectivity index (χ2v) is 2.93. The molecule has 0 unspecified atom stereocenters. The van der Waals surface area contributed by atoms with E-state index >= 15 is 0 Å². The van der Waals surface area contributed by atoms with Gasteiger partial charge in [-0.05, 0) is 13.0 Å². The summed E-state index contributed by atoms with van der Waals surface area (Å²) >= 11 is 0. The van der Waals surface area contributed by atoms with Crippen molar-refractivity contribution in [2.75, 3.05) is 13.2 Å². The van der Waals surface area contributed by atoms with Crippen molar-refractivity contribution >= 4 is 11.9 Å². The largest absolute Gasteiger partial charge is 0.465 e. The fourth-order valence-corrected chi connectivity index (χ4v) is 1.02. The van der Waals surface area contributed by atoms with E-state index in [9.17, 15) is 14.4 Å². The first-order valence-electron chi connectivity index (χ1n) is 4.76. The molecule has 1 amide bonds. The first kappa shape index (κ1) is 12.0. The van der Waals surface area contributed by atoms with Crippen LogP contribution in [0.15, 0.2) is 23.1 Å². The fraction of sp³-hybridized carbons (Fsp3) is 0.300. The summed E-state index contributed by atoms with van der Waals surface area (Å²) in [7, 11) is 0. The first-order chi connectivity index (χ1) is 7.63. The highest BCUT2D eigenvalue weighted by molar-refractivity contribution is 5.95. The number of rotatable bonds is 4. The molecule has 2 N–H and O–H groups in total. The van der Waals surface area contributed by atoms with Gasteiger partial charge in [-0.3, -0.25) is 14.4 Å². The zero-order chi connectivity index (χ0) is 12.0. The molecule has 0 aliphatic heterocycles. The zero-order valence-corrected chi connectivity index (χ0v) is 8.78. The lowest BCUT2D eigenvalue weighted by Gasteiger charge is -2.04. The lowest BCUT2D eigenvalue weighted by Crippen LogP contribution is -2.30. The quantitative estimate of drug-likeness (QED) is 0.685. The molecule has 0 radical (unpaired) electrons. The third-order valence-electron chi connectivity index (χ3n) is 1.74. The molecule has 1 heterocycles. The molecule has 16 heavy (non-hydrogen) atoms. The van der Waals surface area contributed by atoms with Crippen LogP contribution in [0.2, 0.25) is 0 Å². The summed E-state index contributed by atoms with van der Waals surface area (Å²) in [4.78, 5) is 35.5. The van der Waals surface area contributed by atoms with Gasteiger partial charge < -0.3 is 15.0 Å². The van der Waals surface area contributed by atoms with E-state index in [1.54, 1.807) is 6.92 Å². The molecule has 0 spiro atoms. The third kappa shape index (κ3) is 3.56. The van der Waals surface area contributed by atoms with Gasteiger partial charge in [0.15, 0.2) is 0 Å². The van der Waals surface area contributed by atoms with Crippen molar-refractivity contribution < 1.29 is 14.3 Å². The Hall–Kier alpha value is -2.11. The van der Waals surface area contributed by atoms with Crippen LogP contribution in [0.1, 0.15) is 17.3 Å². The summed E-state index contributed by atoms with van der Waals surface area (Å²) in [6.45, 7) is 1.76. The monoisotopic (exact) mass is 224 g/mol. The highest BCUT2D eigenvalue weighted by Crippen LogP contribution is 1.92. The van der Waals surface area contributed by atoms with E-state index in [1.807, 2.05) is 0 Å². The number of esters is 1. The van der Waals surface area contributed by atoms with E-state index in [-0.39, 0.29) is 24.3 Å². The van der Waals surface area contributed by atoms with Crippen molar-refractivity contribution in [1.29, 1.82) is 0 Å². The van der Waals surface area contributed by atoms with Crippen LogP contribution < -0.4 is 10.9 Å². The van der Waals surface area contributed by atoms with Crippen LogP contribution in [0, 0.1) is 0 Å². The number of hydrogen-bond acceptors (Lipinski definition) is 4. The Morgan fingerprint density at radius 1 is 1.44 bits per heavy atom.